The number of hydrogen-bond acceptors (Lipinski definition) is 6. The van der Waals surface area contributed by atoms with Crippen molar-refractivity contribution in [2.45, 2.75) is 51.2 Å². The fourth-order valence-electron chi connectivity index (χ4n) is 3.44. The highest BCUT2D eigenvalue weighted by Crippen LogP contribution is 2.23. The second-order valence-corrected chi connectivity index (χ2v) is 8.02. The lowest BCUT2D eigenvalue weighted by atomic mass is 10.1. The van der Waals surface area contributed by atoms with Crippen LogP contribution >= 0.6 is 11.6 Å². The Kier molecular flexibility index (Phi) is 8.92. The summed E-state index contributed by atoms with van der Waals surface area (Å²) in [5.41, 5.74) is 0.513. The first kappa shape index (κ1) is 25.8. The standard InChI is InChI=1S/C21H25ClN4O7/c1-11(23-19(31)13-5-6-16(15(22)8-13)24-12(2)28)21(33)26-7-3-4-17(26)20(32)25-14(10-27)9-18(29)30/h5-6,8,10-11,14,17H,3-4,7,9H2,1-2H3,(H,23,31)(H,24,28)(H,25,32)(H,29,30)/t11-,14-,17-/m0/s1. The fraction of sp³-hybridized carbons (Fsp3) is 0.429. The average molecular weight is 481 g/mol. The molecule has 1 aromatic rings. The third-order valence-corrected chi connectivity index (χ3v) is 5.30. The van der Waals surface area contributed by atoms with E-state index in [-0.39, 0.29) is 23.0 Å². The quantitative estimate of drug-likeness (QED) is 0.375. The highest BCUT2D eigenvalue weighted by atomic mass is 35.5. The number of anilines is 1. The number of carboxylic acids is 1. The van der Waals surface area contributed by atoms with Crippen LogP contribution in [0.5, 0.6) is 0 Å². The van der Waals surface area contributed by atoms with E-state index in [2.05, 4.69) is 16.0 Å². The van der Waals surface area contributed by atoms with Crippen molar-refractivity contribution in [2.24, 2.45) is 0 Å². The minimum atomic E-state index is -1.24. The van der Waals surface area contributed by atoms with Crippen molar-refractivity contribution in [3.63, 3.8) is 0 Å². The largest absolute Gasteiger partial charge is 0.481 e. The van der Waals surface area contributed by atoms with E-state index in [4.69, 9.17) is 16.7 Å². The number of amides is 4. The molecule has 33 heavy (non-hydrogen) atoms. The van der Waals surface area contributed by atoms with Gasteiger partial charge in [0, 0.05) is 19.0 Å². The molecule has 0 aliphatic carbocycles. The Morgan fingerprint density at radius 3 is 2.52 bits per heavy atom. The Hall–Kier alpha value is -3.47. The van der Waals surface area contributed by atoms with Crippen molar-refractivity contribution < 1.29 is 33.9 Å². The number of hydrogen-bond donors (Lipinski definition) is 4. The zero-order valence-corrected chi connectivity index (χ0v) is 18.8. The molecule has 1 aliphatic rings. The maximum Gasteiger partial charge on any atom is 0.305 e. The molecule has 2 rings (SSSR count). The Morgan fingerprint density at radius 1 is 1.24 bits per heavy atom. The molecule has 0 spiro atoms. The highest BCUT2D eigenvalue weighted by molar-refractivity contribution is 6.34. The summed E-state index contributed by atoms with van der Waals surface area (Å²) in [6.07, 6.45) is 0.649. The van der Waals surface area contributed by atoms with Crippen LogP contribution in [-0.4, -0.2) is 70.6 Å². The van der Waals surface area contributed by atoms with E-state index in [9.17, 15) is 28.8 Å². The Balaban J connectivity index is 2.03. The Labute approximate surface area is 194 Å². The zero-order valence-electron chi connectivity index (χ0n) is 18.1. The maximum atomic E-state index is 12.9. The lowest BCUT2D eigenvalue weighted by Gasteiger charge is -2.27. The molecular formula is C21H25ClN4O7. The van der Waals surface area contributed by atoms with Gasteiger partial charge in [-0.25, -0.2) is 0 Å². The number of likely N-dealkylation sites (tertiary alicyclic amines) is 1. The monoisotopic (exact) mass is 480 g/mol. The van der Waals surface area contributed by atoms with Crippen LogP contribution in [0.25, 0.3) is 0 Å². The molecule has 3 atom stereocenters. The first-order chi connectivity index (χ1) is 15.5. The Morgan fingerprint density at radius 2 is 1.94 bits per heavy atom. The van der Waals surface area contributed by atoms with Crippen LogP contribution in [0.1, 0.15) is 43.5 Å². The van der Waals surface area contributed by atoms with Crippen molar-refractivity contribution in [2.75, 3.05) is 11.9 Å². The van der Waals surface area contributed by atoms with Gasteiger partial charge in [-0.2, -0.15) is 0 Å². The van der Waals surface area contributed by atoms with Crippen molar-refractivity contribution in [1.29, 1.82) is 0 Å². The molecule has 0 aromatic heterocycles. The molecule has 178 valence electrons. The third-order valence-electron chi connectivity index (χ3n) is 4.98. The van der Waals surface area contributed by atoms with E-state index in [1.807, 2.05) is 0 Å². The number of nitrogens with zero attached hydrogens (tertiary/aromatic N) is 1. The second-order valence-electron chi connectivity index (χ2n) is 7.61. The molecule has 1 fully saturated rings. The van der Waals surface area contributed by atoms with Crippen molar-refractivity contribution in [3.8, 4) is 0 Å². The third kappa shape index (κ3) is 7.01. The molecule has 0 saturated carbocycles. The van der Waals surface area contributed by atoms with Crippen molar-refractivity contribution >= 4 is 53.2 Å². The number of carbonyl (C=O) groups is 6. The topological polar surface area (TPSA) is 162 Å². The van der Waals surface area contributed by atoms with Crippen LogP contribution in [0.4, 0.5) is 5.69 Å². The van der Waals surface area contributed by atoms with Gasteiger partial charge < -0.3 is 30.8 Å². The first-order valence-electron chi connectivity index (χ1n) is 10.2. The summed E-state index contributed by atoms with van der Waals surface area (Å²) >= 11 is 6.08. The highest BCUT2D eigenvalue weighted by Gasteiger charge is 2.37. The maximum absolute atomic E-state index is 12.9. The van der Waals surface area contributed by atoms with Gasteiger partial charge in [0.1, 0.15) is 18.4 Å². The van der Waals surface area contributed by atoms with Gasteiger partial charge in [0.15, 0.2) is 0 Å². The first-order valence-corrected chi connectivity index (χ1v) is 10.6. The summed E-state index contributed by atoms with van der Waals surface area (Å²) in [5.74, 6) is -3.26. The van der Waals surface area contributed by atoms with Crippen molar-refractivity contribution in [1.82, 2.24) is 15.5 Å². The van der Waals surface area contributed by atoms with Crippen LogP contribution in [0.15, 0.2) is 18.2 Å². The van der Waals surface area contributed by atoms with Gasteiger partial charge in [-0.05, 0) is 38.0 Å². The predicted molar refractivity (Wildman–Crippen MR) is 118 cm³/mol. The van der Waals surface area contributed by atoms with Crippen LogP contribution < -0.4 is 16.0 Å². The number of carbonyl (C=O) groups excluding carboxylic acids is 5. The van der Waals surface area contributed by atoms with Crippen molar-refractivity contribution in [3.05, 3.63) is 28.8 Å². The van der Waals surface area contributed by atoms with E-state index in [1.165, 1.54) is 36.9 Å². The molecule has 0 bridgehead atoms. The van der Waals surface area contributed by atoms with Gasteiger partial charge in [-0.3, -0.25) is 24.0 Å². The Bertz CT molecular complexity index is 968. The van der Waals surface area contributed by atoms with E-state index in [0.717, 1.165) is 0 Å². The molecule has 4 amide bonds. The summed E-state index contributed by atoms with van der Waals surface area (Å²) < 4.78 is 0. The summed E-state index contributed by atoms with van der Waals surface area (Å²) in [4.78, 5) is 72.3. The molecule has 0 radical (unpaired) electrons. The number of aliphatic carboxylic acids is 1. The molecule has 1 saturated heterocycles. The molecule has 0 unspecified atom stereocenters. The molecule has 1 aromatic carbocycles. The number of benzene rings is 1. The summed E-state index contributed by atoms with van der Waals surface area (Å²) in [6, 6.07) is 1.22. The predicted octanol–water partition coefficient (Wildman–Crippen LogP) is 0.566. The molecule has 4 N–H and O–H groups in total. The second kappa shape index (κ2) is 11.4. The lowest BCUT2D eigenvalue weighted by Crippen LogP contribution is -2.54. The summed E-state index contributed by atoms with van der Waals surface area (Å²) in [5, 5.41) is 16.4. The fourth-order valence-corrected chi connectivity index (χ4v) is 3.67. The van der Waals surface area contributed by atoms with Crippen LogP contribution in [0.3, 0.4) is 0 Å². The molecule has 1 aliphatic heterocycles. The lowest BCUT2D eigenvalue weighted by molar-refractivity contribution is -0.141. The van der Waals surface area contributed by atoms with Crippen LogP contribution in [0, 0.1) is 0 Å². The number of nitrogens with one attached hydrogen (secondary N) is 3. The number of halogens is 1. The van der Waals surface area contributed by atoms with Gasteiger partial charge in [0.2, 0.25) is 17.7 Å². The van der Waals surface area contributed by atoms with Crippen LogP contribution in [0.2, 0.25) is 5.02 Å². The van der Waals surface area contributed by atoms with E-state index in [0.29, 0.717) is 24.8 Å². The SMILES string of the molecule is CC(=O)Nc1ccc(C(=O)N[C@@H](C)C(=O)N2CCC[C@H]2C(=O)N[C@H](C=O)CC(=O)O)cc1Cl. The number of carboxylic acid groups (broad SMARTS) is 1. The van der Waals surface area contributed by atoms with E-state index in [1.54, 1.807) is 0 Å². The zero-order chi connectivity index (χ0) is 24.7. The van der Waals surface area contributed by atoms with E-state index >= 15 is 0 Å². The molecular weight excluding hydrogens is 456 g/mol. The molecule has 1 heterocycles. The molecule has 11 nitrogen and oxygen atoms in total. The number of rotatable bonds is 9. The van der Waals surface area contributed by atoms with E-state index < -0.39 is 48.2 Å². The summed E-state index contributed by atoms with van der Waals surface area (Å²) in [7, 11) is 0. The molecule has 12 heteroatoms. The number of aldehydes is 1. The normalized spacial score (nSPS) is 16.9. The average Bonchev–Trinajstić information content (AvgIpc) is 3.23. The van der Waals surface area contributed by atoms with Gasteiger partial charge in [0.05, 0.1) is 23.2 Å². The van der Waals surface area contributed by atoms with Gasteiger partial charge in [-0.15, -0.1) is 0 Å². The summed E-state index contributed by atoms with van der Waals surface area (Å²) in [6.45, 7) is 3.07. The van der Waals surface area contributed by atoms with Gasteiger partial charge >= 0.3 is 5.97 Å². The minimum absolute atomic E-state index is 0.152. The van der Waals surface area contributed by atoms with Crippen LogP contribution in [-0.2, 0) is 24.0 Å². The van der Waals surface area contributed by atoms with Gasteiger partial charge in [0.25, 0.3) is 5.91 Å². The smallest absolute Gasteiger partial charge is 0.305 e. The van der Waals surface area contributed by atoms with Gasteiger partial charge in [-0.1, -0.05) is 11.6 Å². The minimum Gasteiger partial charge on any atom is -0.481 e.